The van der Waals surface area contributed by atoms with Crippen LogP contribution in [0.25, 0.3) is 0 Å². The zero-order valence-corrected chi connectivity index (χ0v) is 15.8. The minimum atomic E-state index is 0.656. The quantitative estimate of drug-likeness (QED) is 0.531. The molecular formula is C18H26N4O2S. The maximum atomic E-state index is 5.81. The van der Waals surface area contributed by atoms with E-state index in [9.17, 15) is 0 Å². The molecule has 0 N–H and O–H groups in total. The van der Waals surface area contributed by atoms with Gasteiger partial charge in [0.25, 0.3) is 0 Å². The first-order valence-corrected chi connectivity index (χ1v) is 9.79. The van der Waals surface area contributed by atoms with E-state index < -0.39 is 0 Å². The molecule has 1 aliphatic heterocycles. The fraction of sp³-hybridized carbons (Fsp3) is 0.556. The molecule has 0 aliphatic carbocycles. The molecule has 0 bridgehead atoms. The Morgan fingerprint density at radius 1 is 1.24 bits per heavy atom. The largest absolute Gasteiger partial charge is 0.493 e. The van der Waals surface area contributed by atoms with Crippen molar-refractivity contribution < 1.29 is 9.47 Å². The predicted molar refractivity (Wildman–Crippen MR) is 99.2 cm³/mol. The number of aryl methyl sites for hydroxylation is 1. The molecule has 2 aromatic rings. The van der Waals surface area contributed by atoms with Crippen molar-refractivity contribution in [1.29, 1.82) is 0 Å². The van der Waals surface area contributed by atoms with Crippen LogP contribution in [0.5, 0.6) is 5.75 Å². The first kappa shape index (κ1) is 18.2. The van der Waals surface area contributed by atoms with Gasteiger partial charge in [-0.25, -0.2) is 0 Å². The van der Waals surface area contributed by atoms with Gasteiger partial charge in [-0.3, -0.25) is 4.90 Å². The number of nitrogens with zero attached hydrogens (tertiary/aromatic N) is 4. The summed E-state index contributed by atoms with van der Waals surface area (Å²) < 4.78 is 13.4. The molecule has 1 saturated heterocycles. The number of benzene rings is 1. The Morgan fingerprint density at radius 3 is 2.84 bits per heavy atom. The molecule has 1 aromatic carbocycles. The maximum absolute atomic E-state index is 5.81. The molecular weight excluding hydrogens is 336 g/mol. The molecule has 0 radical (unpaired) electrons. The first-order chi connectivity index (χ1) is 12.3. The van der Waals surface area contributed by atoms with Gasteiger partial charge >= 0.3 is 0 Å². The third-order valence-electron chi connectivity index (χ3n) is 4.15. The monoisotopic (exact) mass is 362 g/mol. The van der Waals surface area contributed by atoms with E-state index in [1.54, 1.807) is 11.8 Å². The standard InChI is InChI=1S/C18H26N4O2S/c1-3-22-17(14-21-7-9-23-10-8-21)19-20-18(22)25-12-11-24-16-6-4-5-15(2)13-16/h4-6,13H,3,7-12,14H2,1-2H3. The van der Waals surface area contributed by atoms with Crippen LogP contribution in [0.1, 0.15) is 18.3 Å². The molecule has 6 nitrogen and oxygen atoms in total. The Hall–Kier alpha value is -1.57. The van der Waals surface area contributed by atoms with E-state index in [1.165, 1.54) is 5.56 Å². The van der Waals surface area contributed by atoms with Gasteiger partial charge in [0, 0.05) is 25.4 Å². The van der Waals surface area contributed by atoms with Crippen LogP contribution in [-0.2, 0) is 17.8 Å². The van der Waals surface area contributed by atoms with Crippen molar-refractivity contribution in [3.63, 3.8) is 0 Å². The summed E-state index contributed by atoms with van der Waals surface area (Å²) >= 11 is 1.70. The topological polar surface area (TPSA) is 52.4 Å². The second kappa shape index (κ2) is 9.22. The third kappa shape index (κ3) is 5.20. The third-order valence-corrected chi connectivity index (χ3v) is 5.08. The highest BCUT2D eigenvalue weighted by Gasteiger charge is 2.16. The van der Waals surface area contributed by atoms with Crippen molar-refractivity contribution >= 4 is 11.8 Å². The fourth-order valence-corrected chi connectivity index (χ4v) is 3.66. The Kier molecular flexibility index (Phi) is 6.72. The summed E-state index contributed by atoms with van der Waals surface area (Å²) in [7, 11) is 0. The van der Waals surface area contributed by atoms with E-state index >= 15 is 0 Å². The predicted octanol–water partition coefficient (Wildman–Crippen LogP) is 2.61. The Balaban J connectivity index is 1.50. The minimum Gasteiger partial charge on any atom is -0.493 e. The number of aromatic nitrogens is 3. The summed E-state index contributed by atoms with van der Waals surface area (Å²) in [6.45, 7) is 10.1. The van der Waals surface area contributed by atoms with Crippen molar-refractivity contribution in [1.82, 2.24) is 19.7 Å². The number of rotatable bonds is 8. The average molecular weight is 362 g/mol. The highest BCUT2D eigenvalue weighted by molar-refractivity contribution is 7.99. The zero-order chi connectivity index (χ0) is 17.5. The van der Waals surface area contributed by atoms with Crippen LogP contribution in [0.4, 0.5) is 0 Å². The molecule has 7 heteroatoms. The van der Waals surface area contributed by atoms with E-state index in [2.05, 4.69) is 45.6 Å². The molecule has 0 unspecified atom stereocenters. The van der Waals surface area contributed by atoms with E-state index in [-0.39, 0.29) is 0 Å². The number of hydrogen-bond acceptors (Lipinski definition) is 6. The van der Waals surface area contributed by atoms with E-state index in [4.69, 9.17) is 9.47 Å². The van der Waals surface area contributed by atoms with Gasteiger partial charge in [-0.2, -0.15) is 0 Å². The molecule has 1 fully saturated rings. The molecule has 1 aliphatic rings. The number of ether oxygens (including phenoxy) is 2. The summed E-state index contributed by atoms with van der Waals surface area (Å²) in [5.41, 5.74) is 1.21. The normalized spacial score (nSPS) is 15.4. The molecule has 25 heavy (non-hydrogen) atoms. The second-order valence-corrected chi connectivity index (χ2v) is 7.11. The number of thioether (sulfide) groups is 1. The number of hydrogen-bond donors (Lipinski definition) is 0. The first-order valence-electron chi connectivity index (χ1n) is 8.80. The summed E-state index contributed by atoms with van der Waals surface area (Å²) in [5, 5.41) is 9.74. The summed E-state index contributed by atoms with van der Waals surface area (Å²) in [6.07, 6.45) is 0. The molecule has 136 valence electrons. The molecule has 2 heterocycles. The summed E-state index contributed by atoms with van der Waals surface area (Å²) in [4.78, 5) is 2.37. The van der Waals surface area contributed by atoms with Crippen LogP contribution in [0.2, 0.25) is 0 Å². The van der Waals surface area contributed by atoms with E-state index in [0.29, 0.717) is 6.61 Å². The van der Waals surface area contributed by atoms with Gasteiger partial charge in [0.1, 0.15) is 11.6 Å². The average Bonchev–Trinajstić information content (AvgIpc) is 3.01. The van der Waals surface area contributed by atoms with Crippen LogP contribution >= 0.6 is 11.8 Å². The molecule has 0 amide bonds. The van der Waals surface area contributed by atoms with Crippen LogP contribution in [0.3, 0.4) is 0 Å². The van der Waals surface area contributed by atoms with Gasteiger partial charge in [-0.05, 0) is 31.5 Å². The molecule has 1 aromatic heterocycles. The van der Waals surface area contributed by atoms with Gasteiger partial charge in [0.15, 0.2) is 5.16 Å². The van der Waals surface area contributed by atoms with Crippen molar-refractivity contribution in [3.05, 3.63) is 35.7 Å². The smallest absolute Gasteiger partial charge is 0.191 e. The van der Waals surface area contributed by atoms with Gasteiger partial charge in [0.05, 0.1) is 26.4 Å². The Morgan fingerprint density at radius 2 is 2.08 bits per heavy atom. The number of morpholine rings is 1. The van der Waals surface area contributed by atoms with Crippen molar-refractivity contribution in [2.75, 3.05) is 38.7 Å². The highest BCUT2D eigenvalue weighted by Crippen LogP contribution is 2.19. The van der Waals surface area contributed by atoms with Gasteiger partial charge in [-0.15, -0.1) is 10.2 Å². The van der Waals surface area contributed by atoms with Crippen molar-refractivity contribution in [3.8, 4) is 5.75 Å². The van der Waals surface area contributed by atoms with E-state index in [0.717, 1.165) is 61.9 Å². The fourth-order valence-electron chi connectivity index (χ4n) is 2.82. The lowest BCUT2D eigenvalue weighted by Gasteiger charge is -2.26. The van der Waals surface area contributed by atoms with Gasteiger partial charge < -0.3 is 14.0 Å². The van der Waals surface area contributed by atoms with Crippen LogP contribution in [0.15, 0.2) is 29.4 Å². The minimum absolute atomic E-state index is 0.656. The van der Waals surface area contributed by atoms with Crippen LogP contribution in [-0.4, -0.2) is 58.3 Å². The van der Waals surface area contributed by atoms with Crippen LogP contribution < -0.4 is 4.74 Å². The molecule has 0 spiro atoms. The van der Waals surface area contributed by atoms with E-state index in [1.807, 2.05) is 12.1 Å². The lowest BCUT2D eigenvalue weighted by molar-refractivity contribution is 0.0325. The molecule has 3 rings (SSSR count). The summed E-state index contributed by atoms with van der Waals surface area (Å²) in [6, 6.07) is 8.14. The van der Waals surface area contributed by atoms with Gasteiger partial charge in [-0.1, -0.05) is 23.9 Å². The Bertz CT molecular complexity index is 671. The van der Waals surface area contributed by atoms with Crippen molar-refractivity contribution in [2.45, 2.75) is 32.1 Å². The highest BCUT2D eigenvalue weighted by atomic mass is 32.2. The zero-order valence-electron chi connectivity index (χ0n) is 15.0. The Labute approximate surface area is 153 Å². The van der Waals surface area contributed by atoms with Crippen LogP contribution in [0, 0.1) is 6.92 Å². The maximum Gasteiger partial charge on any atom is 0.191 e. The van der Waals surface area contributed by atoms with Crippen molar-refractivity contribution in [2.24, 2.45) is 0 Å². The lowest BCUT2D eigenvalue weighted by atomic mass is 10.2. The summed E-state index contributed by atoms with van der Waals surface area (Å²) in [5.74, 6) is 2.81. The molecule has 0 atom stereocenters. The molecule has 0 saturated carbocycles. The second-order valence-electron chi connectivity index (χ2n) is 6.05. The van der Waals surface area contributed by atoms with Gasteiger partial charge in [0.2, 0.25) is 0 Å². The lowest BCUT2D eigenvalue weighted by Crippen LogP contribution is -2.36. The SMILES string of the molecule is CCn1c(CN2CCOCC2)nnc1SCCOc1cccc(C)c1.